The van der Waals surface area contributed by atoms with E-state index in [0.29, 0.717) is 41.9 Å². The molecule has 176 valence electrons. The summed E-state index contributed by atoms with van der Waals surface area (Å²) in [6.07, 6.45) is 1.97. The number of carbonyl (C=O) groups excluding carboxylic acids is 1. The van der Waals surface area contributed by atoms with Crippen LogP contribution in [0, 0.1) is 0 Å². The van der Waals surface area contributed by atoms with Gasteiger partial charge in [0, 0.05) is 28.8 Å². The van der Waals surface area contributed by atoms with Gasteiger partial charge in [0.05, 0.1) is 18.9 Å². The standard InChI is InChI=1S/C24H27ClN4O3.ClH/c1-3-31-21-13-10-17(25)14-19(21)20-15-22(29-24(26)28-20)27-18-11-8-16(9-12-18)6-5-7-23(30)32-4-2;/h8-15H,3-7H2,1-2H3,(H3,26,27,28,29);1H. The van der Waals surface area contributed by atoms with Crippen molar-refractivity contribution < 1.29 is 14.3 Å². The number of aryl methyl sites for hydroxylation is 1. The van der Waals surface area contributed by atoms with Crippen molar-refractivity contribution in [3.63, 3.8) is 0 Å². The third-order valence-corrected chi connectivity index (χ3v) is 4.87. The fourth-order valence-electron chi connectivity index (χ4n) is 3.22. The number of aromatic nitrogens is 2. The summed E-state index contributed by atoms with van der Waals surface area (Å²) in [6.45, 7) is 4.66. The van der Waals surface area contributed by atoms with E-state index in [2.05, 4.69) is 15.3 Å². The van der Waals surface area contributed by atoms with Gasteiger partial charge < -0.3 is 20.5 Å². The number of halogens is 2. The van der Waals surface area contributed by atoms with Gasteiger partial charge in [0.25, 0.3) is 0 Å². The maximum atomic E-state index is 11.5. The first-order valence-corrected chi connectivity index (χ1v) is 10.9. The van der Waals surface area contributed by atoms with Crippen LogP contribution in [0.15, 0.2) is 48.5 Å². The number of hydrogen-bond acceptors (Lipinski definition) is 7. The smallest absolute Gasteiger partial charge is 0.305 e. The van der Waals surface area contributed by atoms with E-state index in [4.69, 9.17) is 26.8 Å². The predicted octanol–water partition coefficient (Wildman–Crippen LogP) is 5.83. The molecule has 0 aliphatic heterocycles. The number of nitrogens with two attached hydrogens (primary N) is 1. The van der Waals surface area contributed by atoms with Crippen LogP contribution in [0.4, 0.5) is 17.5 Å². The molecule has 0 saturated carbocycles. The zero-order valence-corrected chi connectivity index (χ0v) is 20.2. The molecule has 7 nitrogen and oxygen atoms in total. The average molecular weight is 491 g/mol. The molecule has 0 radical (unpaired) electrons. The van der Waals surface area contributed by atoms with Crippen LogP contribution in [-0.4, -0.2) is 29.2 Å². The minimum Gasteiger partial charge on any atom is -0.493 e. The molecule has 1 heterocycles. The number of esters is 1. The molecule has 1 aromatic heterocycles. The lowest BCUT2D eigenvalue weighted by molar-refractivity contribution is -0.143. The molecule has 3 N–H and O–H groups in total. The quantitative estimate of drug-likeness (QED) is 0.344. The van der Waals surface area contributed by atoms with Gasteiger partial charge in [0.2, 0.25) is 5.95 Å². The molecule has 0 saturated heterocycles. The van der Waals surface area contributed by atoms with Crippen molar-refractivity contribution in [1.82, 2.24) is 9.97 Å². The van der Waals surface area contributed by atoms with Crippen LogP contribution in [-0.2, 0) is 16.0 Å². The highest BCUT2D eigenvalue weighted by Gasteiger charge is 2.12. The molecule has 2 aromatic carbocycles. The number of nitrogens with zero attached hydrogens (tertiary/aromatic N) is 2. The average Bonchev–Trinajstić information content (AvgIpc) is 2.76. The van der Waals surface area contributed by atoms with Crippen LogP contribution in [0.1, 0.15) is 32.3 Å². The summed E-state index contributed by atoms with van der Waals surface area (Å²) in [5.74, 6) is 1.22. The lowest BCUT2D eigenvalue weighted by Crippen LogP contribution is -2.04. The second kappa shape index (κ2) is 12.9. The lowest BCUT2D eigenvalue weighted by atomic mass is 10.1. The van der Waals surface area contributed by atoms with E-state index >= 15 is 0 Å². The number of nitrogen functional groups attached to an aromatic ring is 1. The maximum absolute atomic E-state index is 11.5. The number of nitrogens with one attached hydrogen (secondary N) is 1. The van der Waals surface area contributed by atoms with E-state index in [1.807, 2.05) is 44.2 Å². The van der Waals surface area contributed by atoms with E-state index < -0.39 is 0 Å². The SMILES string of the molecule is CCOC(=O)CCCc1ccc(Nc2cc(-c3cc(Cl)ccc3OCC)nc(N)n2)cc1.Cl. The first-order chi connectivity index (χ1) is 15.5. The zero-order chi connectivity index (χ0) is 22.9. The normalized spacial score (nSPS) is 10.3. The number of ether oxygens (including phenoxy) is 2. The Kier molecular flexibility index (Phi) is 10.2. The topological polar surface area (TPSA) is 99.4 Å². The summed E-state index contributed by atoms with van der Waals surface area (Å²) in [5, 5.41) is 3.84. The van der Waals surface area contributed by atoms with E-state index in [-0.39, 0.29) is 24.3 Å². The van der Waals surface area contributed by atoms with Crippen molar-refractivity contribution in [2.75, 3.05) is 24.3 Å². The molecule has 0 aliphatic carbocycles. The molecule has 0 spiro atoms. The molecule has 0 fully saturated rings. The molecule has 33 heavy (non-hydrogen) atoms. The van der Waals surface area contributed by atoms with Crippen LogP contribution in [0.2, 0.25) is 5.02 Å². The highest BCUT2D eigenvalue weighted by atomic mass is 35.5. The Hall–Kier alpha value is -3.03. The van der Waals surface area contributed by atoms with Crippen molar-refractivity contribution >= 4 is 47.4 Å². The summed E-state index contributed by atoms with van der Waals surface area (Å²) >= 11 is 6.19. The zero-order valence-electron chi connectivity index (χ0n) is 18.6. The van der Waals surface area contributed by atoms with Gasteiger partial charge in [-0.3, -0.25) is 4.79 Å². The van der Waals surface area contributed by atoms with Gasteiger partial charge in [0.1, 0.15) is 11.6 Å². The van der Waals surface area contributed by atoms with Crippen LogP contribution in [0.3, 0.4) is 0 Å². The van der Waals surface area contributed by atoms with Crippen molar-refractivity contribution in [3.8, 4) is 17.0 Å². The maximum Gasteiger partial charge on any atom is 0.305 e. The van der Waals surface area contributed by atoms with E-state index in [9.17, 15) is 4.79 Å². The van der Waals surface area contributed by atoms with Crippen LogP contribution in [0.25, 0.3) is 11.3 Å². The summed E-state index contributed by atoms with van der Waals surface area (Å²) in [6, 6.07) is 15.1. The van der Waals surface area contributed by atoms with Crippen molar-refractivity contribution in [3.05, 3.63) is 59.1 Å². The molecule has 9 heteroatoms. The Balaban J connectivity index is 0.00000385. The summed E-state index contributed by atoms with van der Waals surface area (Å²) in [7, 11) is 0. The molecule has 0 bridgehead atoms. The van der Waals surface area contributed by atoms with E-state index in [1.165, 1.54) is 0 Å². The molecule has 3 aromatic rings. The predicted molar refractivity (Wildman–Crippen MR) is 135 cm³/mol. The fourth-order valence-corrected chi connectivity index (χ4v) is 3.40. The summed E-state index contributed by atoms with van der Waals surface area (Å²) in [4.78, 5) is 20.1. The van der Waals surface area contributed by atoms with Crippen molar-refractivity contribution in [2.45, 2.75) is 33.1 Å². The third kappa shape index (κ3) is 7.80. The number of anilines is 3. The lowest BCUT2D eigenvalue weighted by Gasteiger charge is -2.13. The van der Waals surface area contributed by atoms with Gasteiger partial charge in [-0.15, -0.1) is 12.4 Å². The Morgan fingerprint density at radius 2 is 1.82 bits per heavy atom. The monoisotopic (exact) mass is 490 g/mol. The Bertz CT molecular complexity index is 1060. The minimum atomic E-state index is -0.157. The molecule has 0 aliphatic rings. The second-order valence-corrected chi connectivity index (χ2v) is 7.49. The number of carbonyl (C=O) groups is 1. The summed E-state index contributed by atoms with van der Waals surface area (Å²) < 4.78 is 10.7. The van der Waals surface area contributed by atoms with Gasteiger partial charge in [0.15, 0.2) is 0 Å². The number of benzene rings is 2. The van der Waals surface area contributed by atoms with Gasteiger partial charge >= 0.3 is 5.97 Å². The first-order valence-electron chi connectivity index (χ1n) is 10.6. The molecule has 0 amide bonds. The van der Waals surface area contributed by atoms with Crippen LogP contribution in [0.5, 0.6) is 5.75 Å². The first kappa shape index (κ1) is 26.2. The van der Waals surface area contributed by atoms with Crippen molar-refractivity contribution in [1.29, 1.82) is 0 Å². The third-order valence-electron chi connectivity index (χ3n) is 4.64. The molecular formula is C24H28Cl2N4O3. The summed E-state index contributed by atoms with van der Waals surface area (Å²) in [5.41, 5.74) is 9.32. The Morgan fingerprint density at radius 3 is 2.52 bits per heavy atom. The largest absolute Gasteiger partial charge is 0.493 e. The Labute approximate surface area is 205 Å². The van der Waals surface area contributed by atoms with Crippen LogP contribution < -0.4 is 15.8 Å². The second-order valence-electron chi connectivity index (χ2n) is 7.05. The molecular weight excluding hydrogens is 463 g/mol. The minimum absolute atomic E-state index is 0. The van der Waals surface area contributed by atoms with E-state index in [1.54, 1.807) is 18.2 Å². The van der Waals surface area contributed by atoms with Crippen LogP contribution >= 0.6 is 24.0 Å². The van der Waals surface area contributed by atoms with Gasteiger partial charge in [-0.1, -0.05) is 23.7 Å². The highest BCUT2D eigenvalue weighted by Crippen LogP contribution is 2.33. The molecule has 3 rings (SSSR count). The van der Waals surface area contributed by atoms with E-state index in [0.717, 1.165) is 29.7 Å². The van der Waals surface area contributed by atoms with Crippen molar-refractivity contribution in [2.24, 2.45) is 0 Å². The number of rotatable bonds is 10. The fraction of sp³-hybridized carbons (Fsp3) is 0.292. The van der Waals surface area contributed by atoms with Gasteiger partial charge in [-0.25, -0.2) is 4.98 Å². The van der Waals surface area contributed by atoms with Gasteiger partial charge in [-0.05, 0) is 62.6 Å². The Morgan fingerprint density at radius 1 is 1.06 bits per heavy atom. The highest BCUT2D eigenvalue weighted by molar-refractivity contribution is 6.31. The molecule has 0 atom stereocenters. The van der Waals surface area contributed by atoms with Gasteiger partial charge in [-0.2, -0.15) is 4.98 Å². The number of hydrogen-bond donors (Lipinski definition) is 2. The molecule has 0 unspecified atom stereocenters.